The molecule has 0 saturated carbocycles. The van der Waals surface area contributed by atoms with E-state index >= 15 is 0 Å². The number of hydrogen-bond acceptors (Lipinski definition) is 5. The van der Waals surface area contributed by atoms with Crippen LogP contribution in [0.2, 0.25) is 0 Å². The number of nitrogens with one attached hydrogen (secondary N) is 1. The van der Waals surface area contributed by atoms with Crippen LogP contribution >= 0.6 is 0 Å². The molecule has 0 bridgehead atoms. The fourth-order valence-electron chi connectivity index (χ4n) is 1.12. The van der Waals surface area contributed by atoms with Gasteiger partial charge < -0.3 is 14.8 Å². The van der Waals surface area contributed by atoms with Crippen LogP contribution in [-0.4, -0.2) is 37.2 Å². The lowest BCUT2D eigenvalue weighted by molar-refractivity contribution is -0.154. The lowest BCUT2D eigenvalue weighted by Crippen LogP contribution is -2.27. The highest BCUT2D eigenvalue weighted by Crippen LogP contribution is 2.07. The Labute approximate surface area is 109 Å². The van der Waals surface area contributed by atoms with Gasteiger partial charge in [-0.15, -0.1) is 0 Å². The minimum Gasteiger partial charge on any atom is -0.461 e. The molecule has 0 aliphatic carbocycles. The highest BCUT2D eigenvalue weighted by molar-refractivity contribution is 5.70. The molecule has 1 N–H and O–H groups in total. The first-order chi connectivity index (χ1) is 8.35. The molecule has 0 aromatic heterocycles. The Morgan fingerprint density at radius 1 is 1.17 bits per heavy atom. The van der Waals surface area contributed by atoms with Crippen LogP contribution < -0.4 is 5.32 Å². The lowest BCUT2D eigenvalue weighted by Gasteiger charge is -2.19. The Balaban J connectivity index is 3.48. The van der Waals surface area contributed by atoms with Crippen molar-refractivity contribution in [2.24, 2.45) is 0 Å². The highest BCUT2D eigenvalue weighted by Gasteiger charge is 2.15. The normalized spacial score (nSPS) is 10.8. The summed E-state index contributed by atoms with van der Waals surface area (Å²) in [5, 5.41) is 2.98. The molecule has 0 saturated heterocycles. The summed E-state index contributed by atoms with van der Waals surface area (Å²) in [5.41, 5.74) is -0.453. The highest BCUT2D eigenvalue weighted by atomic mass is 16.6. The minimum atomic E-state index is -0.453. The van der Waals surface area contributed by atoms with E-state index in [9.17, 15) is 9.59 Å². The summed E-state index contributed by atoms with van der Waals surface area (Å²) in [4.78, 5) is 22.4. The van der Waals surface area contributed by atoms with Crippen molar-refractivity contribution in [3.63, 3.8) is 0 Å². The number of carbonyl (C=O) groups excluding carboxylic acids is 2. The molecule has 18 heavy (non-hydrogen) atoms. The Kier molecular flexibility index (Phi) is 8.03. The molecule has 0 aromatic carbocycles. The van der Waals surface area contributed by atoms with Gasteiger partial charge in [-0.25, -0.2) is 0 Å². The summed E-state index contributed by atoms with van der Waals surface area (Å²) in [6, 6.07) is 0. The SMILES string of the molecule is C=CCOC(=O)CCNCCC(=O)OC(C)(C)C. The van der Waals surface area contributed by atoms with Gasteiger partial charge in [-0.3, -0.25) is 9.59 Å². The van der Waals surface area contributed by atoms with E-state index in [0.717, 1.165) is 0 Å². The number of ether oxygens (including phenoxy) is 2. The molecule has 0 heterocycles. The van der Waals surface area contributed by atoms with Crippen molar-refractivity contribution in [2.75, 3.05) is 19.7 Å². The van der Waals surface area contributed by atoms with E-state index in [1.165, 1.54) is 6.08 Å². The van der Waals surface area contributed by atoms with Gasteiger partial charge in [0.1, 0.15) is 12.2 Å². The van der Waals surface area contributed by atoms with Gasteiger partial charge in [0.25, 0.3) is 0 Å². The maximum absolute atomic E-state index is 11.3. The molecular weight excluding hydrogens is 234 g/mol. The zero-order valence-electron chi connectivity index (χ0n) is 11.5. The van der Waals surface area contributed by atoms with Crippen molar-refractivity contribution in [1.29, 1.82) is 0 Å². The summed E-state index contributed by atoms with van der Waals surface area (Å²) in [7, 11) is 0. The molecule has 0 radical (unpaired) electrons. The Morgan fingerprint density at radius 3 is 2.22 bits per heavy atom. The summed E-state index contributed by atoms with van der Waals surface area (Å²) in [5.74, 6) is -0.524. The zero-order chi connectivity index (χ0) is 14.0. The first-order valence-corrected chi connectivity index (χ1v) is 6.04. The summed E-state index contributed by atoms with van der Waals surface area (Å²) < 4.78 is 9.93. The largest absolute Gasteiger partial charge is 0.461 e. The third-order valence-electron chi connectivity index (χ3n) is 1.79. The van der Waals surface area contributed by atoms with Gasteiger partial charge in [-0.1, -0.05) is 12.7 Å². The van der Waals surface area contributed by atoms with Gasteiger partial charge in [0, 0.05) is 13.1 Å². The molecule has 104 valence electrons. The predicted octanol–water partition coefficient (Wildman–Crippen LogP) is 1.43. The molecule has 0 atom stereocenters. The average molecular weight is 257 g/mol. The smallest absolute Gasteiger partial charge is 0.307 e. The van der Waals surface area contributed by atoms with Crippen molar-refractivity contribution < 1.29 is 19.1 Å². The molecule has 0 unspecified atom stereocenters. The Hall–Kier alpha value is -1.36. The topological polar surface area (TPSA) is 64.6 Å². The Morgan fingerprint density at radius 2 is 1.72 bits per heavy atom. The van der Waals surface area contributed by atoms with Crippen molar-refractivity contribution in [3.8, 4) is 0 Å². The van der Waals surface area contributed by atoms with E-state index in [-0.39, 0.29) is 25.0 Å². The molecule has 5 heteroatoms. The van der Waals surface area contributed by atoms with Gasteiger partial charge in [0.2, 0.25) is 0 Å². The maximum Gasteiger partial charge on any atom is 0.307 e. The molecule has 0 fully saturated rings. The molecule has 0 amide bonds. The molecular formula is C13H23NO4. The predicted molar refractivity (Wildman–Crippen MR) is 69.1 cm³/mol. The Bertz CT molecular complexity index is 281. The van der Waals surface area contributed by atoms with Crippen molar-refractivity contribution in [1.82, 2.24) is 5.32 Å². The molecule has 0 aliphatic heterocycles. The number of hydrogen-bond donors (Lipinski definition) is 1. The second-order valence-corrected chi connectivity index (χ2v) is 4.81. The van der Waals surface area contributed by atoms with Crippen LogP contribution in [-0.2, 0) is 19.1 Å². The van der Waals surface area contributed by atoms with Crippen LogP contribution in [0.4, 0.5) is 0 Å². The molecule has 5 nitrogen and oxygen atoms in total. The van der Waals surface area contributed by atoms with Gasteiger partial charge in [-0.2, -0.15) is 0 Å². The third kappa shape index (κ3) is 11.1. The van der Waals surface area contributed by atoms with E-state index in [1.807, 2.05) is 20.8 Å². The standard InChI is InChI=1S/C13H23NO4/c1-5-10-17-11(15)6-8-14-9-7-12(16)18-13(2,3)4/h5,14H,1,6-10H2,2-4H3. The first kappa shape index (κ1) is 16.6. The van der Waals surface area contributed by atoms with Gasteiger partial charge >= 0.3 is 11.9 Å². The van der Waals surface area contributed by atoms with E-state index in [0.29, 0.717) is 19.5 Å². The van der Waals surface area contributed by atoms with Gasteiger partial charge in [0.15, 0.2) is 0 Å². The van der Waals surface area contributed by atoms with Crippen LogP contribution in [0.3, 0.4) is 0 Å². The van der Waals surface area contributed by atoms with Crippen molar-refractivity contribution in [3.05, 3.63) is 12.7 Å². The fraction of sp³-hybridized carbons (Fsp3) is 0.692. The lowest BCUT2D eigenvalue weighted by atomic mass is 10.2. The van der Waals surface area contributed by atoms with Crippen LogP contribution in [0.25, 0.3) is 0 Å². The number of rotatable bonds is 8. The zero-order valence-corrected chi connectivity index (χ0v) is 11.5. The summed E-state index contributed by atoms with van der Waals surface area (Å²) in [6.07, 6.45) is 2.09. The summed E-state index contributed by atoms with van der Waals surface area (Å²) in [6.45, 7) is 10.1. The van der Waals surface area contributed by atoms with Crippen LogP contribution in [0.5, 0.6) is 0 Å². The average Bonchev–Trinajstić information content (AvgIpc) is 2.23. The van der Waals surface area contributed by atoms with E-state index < -0.39 is 5.60 Å². The second-order valence-electron chi connectivity index (χ2n) is 4.81. The van der Waals surface area contributed by atoms with E-state index in [4.69, 9.17) is 9.47 Å². The van der Waals surface area contributed by atoms with Crippen LogP contribution in [0.15, 0.2) is 12.7 Å². The monoisotopic (exact) mass is 257 g/mol. The van der Waals surface area contributed by atoms with E-state index in [2.05, 4.69) is 11.9 Å². The first-order valence-electron chi connectivity index (χ1n) is 6.04. The second kappa shape index (κ2) is 8.69. The fourth-order valence-corrected chi connectivity index (χ4v) is 1.12. The van der Waals surface area contributed by atoms with Crippen LogP contribution in [0.1, 0.15) is 33.6 Å². The number of carbonyl (C=O) groups is 2. The maximum atomic E-state index is 11.3. The van der Waals surface area contributed by atoms with Crippen LogP contribution in [0, 0.1) is 0 Å². The minimum absolute atomic E-state index is 0.233. The molecule has 0 aromatic rings. The van der Waals surface area contributed by atoms with E-state index in [1.54, 1.807) is 0 Å². The molecule has 0 aliphatic rings. The van der Waals surface area contributed by atoms with Crippen molar-refractivity contribution >= 4 is 11.9 Å². The third-order valence-corrected chi connectivity index (χ3v) is 1.79. The molecule has 0 spiro atoms. The van der Waals surface area contributed by atoms with Crippen molar-refractivity contribution in [2.45, 2.75) is 39.2 Å². The quantitative estimate of drug-likeness (QED) is 0.405. The summed E-state index contributed by atoms with van der Waals surface area (Å²) >= 11 is 0. The van der Waals surface area contributed by atoms with Gasteiger partial charge in [0.05, 0.1) is 12.8 Å². The van der Waals surface area contributed by atoms with Gasteiger partial charge in [-0.05, 0) is 20.8 Å². The molecule has 0 rings (SSSR count). The number of esters is 2.